The zero-order valence-electron chi connectivity index (χ0n) is 12.0. The lowest BCUT2D eigenvalue weighted by Gasteiger charge is -2.31. The van der Waals surface area contributed by atoms with Gasteiger partial charge in [0.2, 0.25) is 0 Å². The average molecular weight is 292 g/mol. The molecule has 0 saturated heterocycles. The van der Waals surface area contributed by atoms with Gasteiger partial charge in [-0.25, -0.2) is 4.79 Å². The van der Waals surface area contributed by atoms with Crippen LogP contribution in [0.4, 0.5) is 10.5 Å². The zero-order chi connectivity index (χ0) is 15.5. The Balaban J connectivity index is 2.10. The van der Waals surface area contributed by atoms with Gasteiger partial charge in [-0.3, -0.25) is 9.69 Å². The third kappa shape index (κ3) is 3.65. The van der Waals surface area contributed by atoms with Gasteiger partial charge in [0.15, 0.2) is 0 Å². The quantitative estimate of drug-likeness (QED) is 0.794. The smallest absolute Gasteiger partial charge is 0.322 e. The summed E-state index contributed by atoms with van der Waals surface area (Å²) < 4.78 is 0. The second-order valence-electron chi connectivity index (χ2n) is 5.57. The Morgan fingerprint density at radius 1 is 1.33 bits per heavy atom. The van der Waals surface area contributed by atoms with Crippen LogP contribution in [0.5, 0.6) is 5.75 Å². The normalized spacial score (nSPS) is 16.4. The standard InChI is InChI=1S/C15H20N2O4/c1-17(11-5-4-6-12(18)9-11)14(21)16-15(10-13(19)20)7-2-3-8-15/h4-6,9,18H,2-3,7-8,10H2,1H3,(H,16,21)(H,19,20). The van der Waals surface area contributed by atoms with Gasteiger partial charge in [-0.15, -0.1) is 0 Å². The number of hydrogen-bond acceptors (Lipinski definition) is 3. The Kier molecular flexibility index (Phi) is 4.35. The Morgan fingerprint density at radius 2 is 2.00 bits per heavy atom. The maximum Gasteiger partial charge on any atom is 0.322 e. The van der Waals surface area contributed by atoms with Crippen LogP contribution >= 0.6 is 0 Å². The fourth-order valence-electron chi connectivity index (χ4n) is 2.82. The molecule has 1 aromatic carbocycles. The van der Waals surface area contributed by atoms with Crippen molar-refractivity contribution in [3.63, 3.8) is 0 Å². The van der Waals surface area contributed by atoms with E-state index in [2.05, 4.69) is 5.32 Å². The number of phenolic OH excluding ortho intramolecular Hbond substituents is 1. The second-order valence-corrected chi connectivity index (χ2v) is 5.57. The van der Waals surface area contributed by atoms with E-state index in [0.29, 0.717) is 18.5 Å². The minimum atomic E-state index is -0.905. The second kappa shape index (κ2) is 6.03. The average Bonchev–Trinajstić information content (AvgIpc) is 2.85. The number of aliphatic carboxylic acids is 1. The summed E-state index contributed by atoms with van der Waals surface area (Å²) in [5.41, 5.74) is -0.107. The van der Waals surface area contributed by atoms with Gasteiger partial charge in [-0.1, -0.05) is 18.9 Å². The van der Waals surface area contributed by atoms with Gasteiger partial charge in [0.1, 0.15) is 5.75 Å². The van der Waals surface area contributed by atoms with Crippen LogP contribution in [0.1, 0.15) is 32.1 Å². The van der Waals surface area contributed by atoms with Gasteiger partial charge in [-0.2, -0.15) is 0 Å². The van der Waals surface area contributed by atoms with Crippen LogP contribution in [0.3, 0.4) is 0 Å². The number of nitrogens with one attached hydrogen (secondary N) is 1. The first kappa shape index (κ1) is 15.2. The largest absolute Gasteiger partial charge is 0.508 e. The predicted molar refractivity (Wildman–Crippen MR) is 78.5 cm³/mol. The summed E-state index contributed by atoms with van der Waals surface area (Å²) in [4.78, 5) is 24.7. The molecular weight excluding hydrogens is 272 g/mol. The number of aromatic hydroxyl groups is 1. The third-order valence-electron chi connectivity index (χ3n) is 3.94. The molecule has 2 rings (SSSR count). The van der Waals surface area contributed by atoms with Crippen molar-refractivity contribution in [2.24, 2.45) is 0 Å². The minimum absolute atomic E-state index is 0.0629. The molecule has 0 aromatic heterocycles. The van der Waals surface area contributed by atoms with E-state index in [1.54, 1.807) is 19.2 Å². The van der Waals surface area contributed by atoms with Gasteiger partial charge in [0.25, 0.3) is 0 Å². The molecule has 1 aromatic rings. The number of phenols is 1. The highest BCUT2D eigenvalue weighted by Crippen LogP contribution is 2.33. The highest BCUT2D eigenvalue weighted by Gasteiger charge is 2.38. The Labute approximate surface area is 123 Å². The molecule has 0 heterocycles. The molecule has 6 nitrogen and oxygen atoms in total. The molecule has 3 N–H and O–H groups in total. The van der Waals surface area contributed by atoms with E-state index in [1.165, 1.54) is 17.0 Å². The number of carbonyl (C=O) groups excluding carboxylic acids is 1. The van der Waals surface area contributed by atoms with E-state index < -0.39 is 11.5 Å². The molecule has 6 heteroatoms. The lowest BCUT2D eigenvalue weighted by molar-refractivity contribution is -0.138. The van der Waals surface area contributed by atoms with Gasteiger partial charge in [0.05, 0.1) is 12.0 Å². The minimum Gasteiger partial charge on any atom is -0.508 e. The van der Waals surface area contributed by atoms with E-state index in [4.69, 9.17) is 5.11 Å². The number of nitrogens with zero attached hydrogens (tertiary/aromatic N) is 1. The molecular formula is C15H20N2O4. The summed E-state index contributed by atoms with van der Waals surface area (Å²) in [7, 11) is 1.59. The van der Waals surface area contributed by atoms with Crippen LogP contribution in [0, 0.1) is 0 Å². The van der Waals surface area contributed by atoms with Crippen molar-refractivity contribution in [2.45, 2.75) is 37.6 Å². The summed E-state index contributed by atoms with van der Waals surface area (Å²) in [5, 5.41) is 21.4. The monoisotopic (exact) mass is 292 g/mol. The molecule has 1 aliphatic carbocycles. The molecule has 0 bridgehead atoms. The van der Waals surface area contributed by atoms with Crippen LogP contribution in [0.2, 0.25) is 0 Å². The number of anilines is 1. The third-order valence-corrected chi connectivity index (χ3v) is 3.94. The Bertz CT molecular complexity index is 538. The number of carbonyl (C=O) groups is 2. The molecule has 1 fully saturated rings. The number of rotatable bonds is 4. The number of urea groups is 1. The fourth-order valence-corrected chi connectivity index (χ4v) is 2.82. The highest BCUT2D eigenvalue weighted by atomic mass is 16.4. The van der Waals surface area contributed by atoms with E-state index in [0.717, 1.165) is 12.8 Å². The summed E-state index contributed by atoms with van der Waals surface area (Å²) in [6.45, 7) is 0. The van der Waals surface area contributed by atoms with Crippen molar-refractivity contribution < 1.29 is 19.8 Å². The van der Waals surface area contributed by atoms with Gasteiger partial charge >= 0.3 is 12.0 Å². The molecule has 0 aliphatic heterocycles. The first-order chi connectivity index (χ1) is 9.92. The number of benzene rings is 1. The summed E-state index contributed by atoms with van der Waals surface area (Å²) in [5.74, 6) is -0.828. The number of hydrogen-bond donors (Lipinski definition) is 3. The van der Waals surface area contributed by atoms with Crippen molar-refractivity contribution in [2.75, 3.05) is 11.9 Å². The Hall–Kier alpha value is -2.24. The molecule has 0 atom stereocenters. The van der Waals surface area contributed by atoms with Gasteiger partial charge in [0, 0.05) is 18.8 Å². The number of carboxylic acids is 1. The number of amides is 2. The molecule has 114 valence electrons. The summed E-state index contributed by atoms with van der Waals surface area (Å²) >= 11 is 0. The molecule has 21 heavy (non-hydrogen) atoms. The molecule has 0 unspecified atom stereocenters. The topological polar surface area (TPSA) is 89.9 Å². The molecule has 1 saturated carbocycles. The zero-order valence-corrected chi connectivity index (χ0v) is 12.0. The molecule has 2 amide bonds. The van der Waals surface area contributed by atoms with E-state index in [1.807, 2.05) is 0 Å². The summed E-state index contributed by atoms with van der Waals surface area (Å²) in [6.07, 6.45) is 3.14. The maximum absolute atomic E-state index is 12.3. The lowest BCUT2D eigenvalue weighted by atomic mass is 9.93. The fraction of sp³-hybridized carbons (Fsp3) is 0.467. The number of carboxylic acid groups (broad SMARTS) is 1. The molecule has 0 radical (unpaired) electrons. The Morgan fingerprint density at radius 3 is 2.57 bits per heavy atom. The van der Waals surface area contributed by atoms with Crippen LogP contribution in [0.15, 0.2) is 24.3 Å². The van der Waals surface area contributed by atoms with Crippen LogP contribution in [-0.4, -0.2) is 34.8 Å². The van der Waals surface area contributed by atoms with Crippen molar-refractivity contribution in [3.05, 3.63) is 24.3 Å². The van der Waals surface area contributed by atoms with E-state index in [-0.39, 0.29) is 18.2 Å². The first-order valence-corrected chi connectivity index (χ1v) is 6.99. The van der Waals surface area contributed by atoms with Crippen molar-refractivity contribution in [1.29, 1.82) is 0 Å². The van der Waals surface area contributed by atoms with Gasteiger partial charge < -0.3 is 15.5 Å². The van der Waals surface area contributed by atoms with E-state index in [9.17, 15) is 14.7 Å². The van der Waals surface area contributed by atoms with Crippen LogP contribution < -0.4 is 10.2 Å². The predicted octanol–water partition coefficient (Wildman–Crippen LogP) is 2.33. The highest BCUT2D eigenvalue weighted by molar-refractivity contribution is 5.92. The summed E-state index contributed by atoms with van der Waals surface area (Å²) in [6, 6.07) is 6.01. The van der Waals surface area contributed by atoms with Gasteiger partial charge in [-0.05, 0) is 25.0 Å². The van der Waals surface area contributed by atoms with E-state index >= 15 is 0 Å². The van der Waals surface area contributed by atoms with Crippen molar-refractivity contribution in [3.8, 4) is 5.75 Å². The van der Waals surface area contributed by atoms with Crippen LogP contribution in [0.25, 0.3) is 0 Å². The molecule has 1 aliphatic rings. The SMILES string of the molecule is CN(C(=O)NC1(CC(=O)O)CCCC1)c1cccc(O)c1. The van der Waals surface area contributed by atoms with Crippen molar-refractivity contribution >= 4 is 17.7 Å². The lowest BCUT2D eigenvalue weighted by Crippen LogP contribution is -2.52. The maximum atomic E-state index is 12.3. The molecule has 0 spiro atoms. The van der Waals surface area contributed by atoms with Crippen LogP contribution in [-0.2, 0) is 4.79 Å². The van der Waals surface area contributed by atoms with Crippen molar-refractivity contribution in [1.82, 2.24) is 5.32 Å². The first-order valence-electron chi connectivity index (χ1n) is 6.99.